The second-order valence-corrected chi connectivity index (χ2v) is 7.55. The molecule has 7 nitrogen and oxygen atoms in total. The van der Waals surface area contributed by atoms with E-state index in [1.165, 1.54) is 0 Å². The van der Waals surface area contributed by atoms with E-state index in [0.29, 0.717) is 11.7 Å². The van der Waals surface area contributed by atoms with E-state index in [0.717, 1.165) is 12.2 Å². The van der Waals surface area contributed by atoms with Gasteiger partial charge in [-0.05, 0) is 44.9 Å². The van der Waals surface area contributed by atoms with Gasteiger partial charge in [0.05, 0.1) is 24.1 Å². The van der Waals surface area contributed by atoms with Crippen LogP contribution in [0.3, 0.4) is 0 Å². The van der Waals surface area contributed by atoms with Crippen LogP contribution in [-0.2, 0) is 4.79 Å². The highest BCUT2D eigenvalue weighted by atomic mass is 32.1. The fourth-order valence-electron chi connectivity index (χ4n) is 3.76. The minimum atomic E-state index is -0.975. The summed E-state index contributed by atoms with van der Waals surface area (Å²) in [6, 6.07) is 8.75. The summed E-state index contributed by atoms with van der Waals surface area (Å²) in [5, 5.41) is 27.2. The molecule has 1 aromatic rings. The maximum atomic E-state index is 12.8. The number of aliphatic hydroxyl groups is 2. The van der Waals surface area contributed by atoms with Crippen LogP contribution in [-0.4, -0.2) is 77.6 Å². The number of carbonyl (C=O) groups excluding carboxylic acids is 1. The number of para-hydroxylation sites is 1. The second kappa shape index (κ2) is 7.87. The molecule has 4 N–H and O–H groups in total. The minimum Gasteiger partial charge on any atom is -0.390 e. The SMILES string of the molecule is CN(C)CCNC(=O)[C@@H]1C[C@@H](O)[C@H](O)[C@@H]2NC(=S)N(c3ccccc3)[C@@H]21. The first-order valence-electron chi connectivity index (χ1n) is 8.83. The summed E-state index contributed by atoms with van der Waals surface area (Å²) in [6.45, 7) is 1.26. The number of rotatable bonds is 5. The van der Waals surface area contributed by atoms with Gasteiger partial charge in [0.1, 0.15) is 6.10 Å². The molecule has 8 heteroatoms. The Hall–Kier alpha value is -1.74. The van der Waals surface area contributed by atoms with Crippen LogP contribution in [0.4, 0.5) is 5.69 Å². The molecule has 0 spiro atoms. The Kier molecular flexibility index (Phi) is 5.76. The summed E-state index contributed by atoms with van der Waals surface area (Å²) in [5.41, 5.74) is 0.868. The summed E-state index contributed by atoms with van der Waals surface area (Å²) >= 11 is 5.47. The van der Waals surface area contributed by atoms with Crippen molar-refractivity contribution in [1.29, 1.82) is 0 Å². The number of fused-ring (bicyclic) bond motifs is 1. The van der Waals surface area contributed by atoms with Crippen molar-refractivity contribution < 1.29 is 15.0 Å². The topological polar surface area (TPSA) is 88.1 Å². The lowest BCUT2D eigenvalue weighted by Gasteiger charge is -2.41. The Morgan fingerprint density at radius 2 is 2.04 bits per heavy atom. The van der Waals surface area contributed by atoms with Crippen molar-refractivity contribution in [2.75, 3.05) is 32.1 Å². The summed E-state index contributed by atoms with van der Waals surface area (Å²) < 4.78 is 0. The molecule has 1 aromatic carbocycles. The highest BCUT2D eigenvalue weighted by molar-refractivity contribution is 7.80. The molecule has 1 saturated heterocycles. The van der Waals surface area contributed by atoms with Gasteiger partial charge >= 0.3 is 0 Å². The van der Waals surface area contributed by atoms with E-state index in [1.54, 1.807) is 0 Å². The molecule has 0 bridgehead atoms. The molecule has 0 radical (unpaired) electrons. The minimum absolute atomic E-state index is 0.125. The van der Waals surface area contributed by atoms with E-state index in [1.807, 2.05) is 54.2 Å². The zero-order valence-electron chi connectivity index (χ0n) is 15.0. The Labute approximate surface area is 159 Å². The highest BCUT2D eigenvalue weighted by Gasteiger charge is 2.53. The van der Waals surface area contributed by atoms with Gasteiger partial charge in [-0.15, -0.1) is 0 Å². The van der Waals surface area contributed by atoms with Crippen molar-refractivity contribution in [3.63, 3.8) is 0 Å². The van der Waals surface area contributed by atoms with Gasteiger partial charge in [0.25, 0.3) is 0 Å². The Morgan fingerprint density at radius 1 is 1.35 bits per heavy atom. The number of anilines is 1. The third-order valence-corrected chi connectivity index (χ3v) is 5.39. The van der Waals surface area contributed by atoms with Crippen LogP contribution >= 0.6 is 12.2 Å². The van der Waals surface area contributed by atoms with Crippen molar-refractivity contribution in [2.45, 2.75) is 30.7 Å². The highest BCUT2D eigenvalue weighted by Crippen LogP contribution is 2.36. The average molecular weight is 378 g/mol. The molecule has 2 aliphatic rings. The van der Waals surface area contributed by atoms with Gasteiger partial charge in [0, 0.05) is 18.8 Å². The van der Waals surface area contributed by atoms with Crippen molar-refractivity contribution in [3.05, 3.63) is 30.3 Å². The molecule has 2 fully saturated rings. The number of thiocarbonyl (C=S) groups is 1. The molecule has 1 amide bonds. The third-order valence-electron chi connectivity index (χ3n) is 5.07. The van der Waals surface area contributed by atoms with Gasteiger partial charge in [0.15, 0.2) is 5.11 Å². The third kappa shape index (κ3) is 3.68. The standard InChI is InChI=1S/C18H26N4O3S/c1-21(2)9-8-19-17(25)12-10-13(23)16(24)14-15(12)22(18(26)20-14)11-6-4-3-5-7-11/h3-7,12-16,23-24H,8-10H2,1-2H3,(H,19,25)(H,20,26)/t12-,13-,14-,15-,16+/m1/s1. The van der Waals surface area contributed by atoms with Gasteiger partial charge < -0.3 is 30.6 Å². The number of nitrogens with one attached hydrogen (secondary N) is 2. The second-order valence-electron chi connectivity index (χ2n) is 7.17. The zero-order valence-corrected chi connectivity index (χ0v) is 15.8. The molecular formula is C18H26N4O3S. The van der Waals surface area contributed by atoms with Gasteiger partial charge in [0.2, 0.25) is 5.91 Å². The summed E-state index contributed by atoms with van der Waals surface area (Å²) in [4.78, 5) is 16.7. The van der Waals surface area contributed by atoms with Crippen molar-refractivity contribution in [3.8, 4) is 0 Å². The van der Waals surface area contributed by atoms with Crippen LogP contribution in [0.1, 0.15) is 6.42 Å². The molecule has 3 rings (SSSR count). The monoisotopic (exact) mass is 378 g/mol. The molecule has 1 saturated carbocycles. The lowest BCUT2D eigenvalue weighted by molar-refractivity contribution is -0.131. The Bertz CT molecular complexity index is 657. The Morgan fingerprint density at radius 3 is 2.69 bits per heavy atom. The molecule has 1 aliphatic heterocycles. The number of likely N-dealkylation sites (N-methyl/N-ethyl adjacent to an activating group) is 1. The van der Waals surface area contributed by atoms with Crippen LogP contribution in [0.2, 0.25) is 0 Å². The largest absolute Gasteiger partial charge is 0.390 e. The maximum absolute atomic E-state index is 12.8. The fourth-order valence-corrected chi connectivity index (χ4v) is 4.13. The van der Waals surface area contributed by atoms with E-state index < -0.39 is 24.2 Å². The number of carbonyl (C=O) groups is 1. The molecule has 0 aromatic heterocycles. The average Bonchev–Trinajstić information content (AvgIpc) is 2.95. The molecule has 5 atom stereocenters. The van der Waals surface area contributed by atoms with Crippen LogP contribution in [0.25, 0.3) is 0 Å². The number of hydrogen-bond acceptors (Lipinski definition) is 5. The van der Waals surface area contributed by atoms with E-state index in [4.69, 9.17) is 12.2 Å². The van der Waals surface area contributed by atoms with Gasteiger partial charge in [-0.25, -0.2) is 0 Å². The first kappa shape index (κ1) is 19.0. The van der Waals surface area contributed by atoms with E-state index in [9.17, 15) is 15.0 Å². The molecular weight excluding hydrogens is 352 g/mol. The number of hydrogen-bond donors (Lipinski definition) is 4. The molecule has 142 valence electrons. The predicted molar refractivity (Wildman–Crippen MR) is 104 cm³/mol. The van der Waals surface area contributed by atoms with E-state index >= 15 is 0 Å². The van der Waals surface area contributed by atoms with E-state index in [2.05, 4.69) is 10.6 Å². The van der Waals surface area contributed by atoms with Crippen molar-refractivity contribution >= 4 is 28.9 Å². The molecule has 1 heterocycles. The first-order valence-corrected chi connectivity index (χ1v) is 9.24. The number of aliphatic hydroxyl groups excluding tert-OH is 2. The number of benzene rings is 1. The molecule has 26 heavy (non-hydrogen) atoms. The van der Waals surface area contributed by atoms with Crippen molar-refractivity contribution in [2.24, 2.45) is 5.92 Å². The van der Waals surface area contributed by atoms with Gasteiger partial charge in [-0.2, -0.15) is 0 Å². The van der Waals surface area contributed by atoms with Crippen LogP contribution in [0.5, 0.6) is 0 Å². The zero-order chi connectivity index (χ0) is 18.8. The number of amides is 1. The number of nitrogens with zero attached hydrogens (tertiary/aromatic N) is 2. The van der Waals surface area contributed by atoms with Crippen LogP contribution in [0, 0.1) is 5.92 Å². The summed E-state index contributed by atoms with van der Waals surface area (Å²) in [7, 11) is 3.89. The fraction of sp³-hybridized carbons (Fsp3) is 0.556. The van der Waals surface area contributed by atoms with Gasteiger partial charge in [-0.3, -0.25) is 4.79 Å². The predicted octanol–water partition coefficient (Wildman–Crippen LogP) is -0.462. The lowest BCUT2D eigenvalue weighted by atomic mass is 9.77. The lowest BCUT2D eigenvalue weighted by Crippen LogP contribution is -2.61. The summed E-state index contributed by atoms with van der Waals surface area (Å²) in [5.74, 6) is -0.603. The summed E-state index contributed by atoms with van der Waals surface area (Å²) in [6.07, 6.45) is -1.74. The van der Waals surface area contributed by atoms with E-state index in [-0.39, 0.29) is 18.4 Å². The smallest absolute Gasteiger partial charge is 0.225 e. The maximum Gasteiger partial charge on any atom is 0.225 e. The Balaban J connectivity index is 1.85. The normalized spacial score (nSPS) is 30.9. The molecule has 1 aliphatic carbocycles. The van der Waals surface area contributed by atoms with Crippen molar-refractivity contribution in [1.82, 2.24) is 15.5 Å². The molecule has 0 unspecified atom stereocenters. The van der Waals surface area contributed by atoms with Crippen LogP contribution < -0.4 is 15.5 Å². The quantitative estimate of drug-likeness (QED) is 0.516. The van der Waals surface area contributed by atoms with Crippen LogP contribution in [0.15, 0.2) is 30.3 Å². The first-order chi connectivity index (χ1) is 12.4. The van der Waals surface area contributed by atoms with Gasteiger partial charge in [-0.1, -0.05) is 18.2 Å².